The highest BCUT2D eigenvalue weighted by Gasteiger charge is 2.38. The lowest BCUT2D eigenvalue weighted by Gasteiger charge is -2.27. The number of carbonyl (C=O) groups excluding carboxylic acids is 2. The molecule has 6 rings (SSSR count). The number of benzene rings is 1. The molecule has 1 aromatic carbocycles. The van der Waals surface area contributed by atoms with Crippen LogP contribution in [0.1, 0.15) is 23.1 Å². The molecule has 2 saturated heterocycles. The van der Waals surface area contributed by atoms with Gasteiger partial charge in [-0.15, -0.1) is 0 Å². The first-order valence-electron chi connectivity index (χ1n) is 14.3. The van der Waals surface area contributed by atoms with Crippen molar-refractivity contribution in [3.8, 4) is 17.6 Å². The van der Waals surface area contributed by atoms with Gasteiger partial charge in [-0.1, -0.05) is 0 Å². The Kier molecular flexibility index (Phi) is 9.59. The molecule has 4 aliphatic rings. The number of ether oxygens (including phenoxy) is 3. The number of anilines is 2. The zero-order valence-corrected chi connectivity index (χ0v) is 24.0. The molecule has 4 N–H and O–H groups in total. The van der Waals surface area contributed by atoms with Gasteiger partial charge >= 0.3 is 18.2 Å². The molecule has 1 aromatic heterocycles. The number of rotatable bonds is 9. The van der Waals surface area contributed by atoms with Crippen LogP contribution in [0.5, 0.6) is 11.5 Å². The second kappa shape index (κ2) is 13.6. The fourth-order valence-corrected chi connectivity index (χ4v) is 5.34. The fraction of sp³-hybridized carbons (Fsp3) is 0.483. The number of carboxylic acids is 1. The summed E-state index contributed by atoms with van der Waals surface area (Å²) in [6, 6.07) is 9.70. The Morgan fingerprint density at radius 2 is 2.00 bits per heavy atom. The number of amides is 2. The third-order valence-corrected chi connectivity index (χ3v) is 7.72. The molecule has 2 amide bonds. The first-order valence-corrected chi connectivity index (χ1v) is 14.3. The van der Waals surface area contributed by atoms with E-state index in [-0.39, 0.29) is 18.6 Å². The average Bonchev–Trinajstić information content (AvgIpc) is 3.56. The van der Waals surface area contributed by atoms with Gasteiger partial charge < -0.3 is 35.3 Å². The van der Waals surface area contributed by atoms with E-state index in [9.17, 15) is 28.0 Å². The molecule has 0 saturated carbocycles. The van der Waals surface area contributed by atoms with Crippen LogP contribution in [0.15, 0.2) is 24.3 Å². The van der Waals surface area contributed by atoms with Crippen LogP contribution in [-0.2, 0) is 27.2 Å². The number of carboxylic acid groups (broad SMARTS) is 1. The third kappa shape index (κ3) is 7.91. The number of carbonyl (C=O) groups is 3. The number of hydrogen-bond donors (Lipinski definition) is 4. The number of cyclic esters (lactones) is 1. The van der Waals surface area contributed by atoms with Crippen LogP contribution in [0.2, 0.25) is 0 Å². The van der Waals surface area contributed by atoms with Crippen molar-refractivity contribution in [2.75, 3.05) is 56.2 Å². The maximum absolute atomic E-state index is 12.5. The topological polar surface area (TPSA) is 175 Å². The predicted octanol–water partition coefficient (Wildman–Crippen LogP) is 2.24. The SMILES string of the molecule is N#Cc1cc(OCC2CNC2)cc2c1CC(CNCCC1CN(c3ccc4c(n3)NC(=O)CO4)C(=O)O1)C2.O=C(O)C(F)(F)F. The molecule has 2 atom stereocenters. The lowest BCUT2D eigenvalue weighted by Crippen LogP contribution is -2.45. The Bertz CT molecular complexity index is 1490. The van der Waals surface area contributed by atoms with E-state index < -0.39 is 18.2 Å². The van der Waals surface area contributed by atoms with E-state index in [0.29, 0.717) is 60.9 Å². The molecule has 4 heterocycles. The lowest BCUT2D eigenvalue weighted by atomic mass is 10.0. The molecule has 1 aliphatic carbocycles. The van der Waals surface area contributed by atoms with E-state index in [1.165, 1.54) is 10.5 Å². The van der Waals surface area contributed by atoms with Gasteiger partial charge in [-0.25, -0.2) is 14.6 Å². The van der Waals surface area contributed by atoms with E-state index >= 15 is 0 Å². The highest BCUT2D eigenvalue weighted by molar-refractivity contribution is 5.95. The van der Waals surface area contributed by atoms with E-state index in [1.807, 2.05) is 6.07 Å². The quantitative estimate of drug-likeness (QED) is 0.299. The fourth-order valence-electron chi connectivity index (χ4n) is 5.34. The Morgan fingerprint density at radius 1 is 1.22 bits per heavy atom. The first-order chi connectivity index (χ1) is 21.5. The molecular formula is C29H31F3N6O7. The molecule has 0 radical (unpaired) electrons. The number of pyridine rings is 1. The normalized spacial score (nSPS) is 20.4. The lowest BCUT2D eigenvalue weighted by molar-refractivity contribution is -0.192. The van der Waals surface area contributed by atoms with Crippen molar-refractivity contribution in [1.82, 2.24) is 15.6 Å². The van der Waals surface area contributed by atoms with Crippen LogP contribution in [0.25, 0.3) is 0 Å². The highest BCUT2D eigenvalue weighted by Crippen LogP contribution is 2.33. The summed E-state index contributed by atoms with van der Waals surface area (Å²) in [7, 11) is 0. The smallest absolute Gasteiger partial charge is 0.490 e. The standard InChI is InChI=1S/C27H30N6O5.C2HF3O2/c28-9-19-8-21(36-14-17-11-30-12-17)7-18-5-16(6-22(18)19)10-29-4-3-20-13-33(27(35)38-20)24-2-1-23-26(31-24)32-25(34)15-37-23;3-2(4,5)1(6)7/h1-2,7-8,16-17,20,29-30H,3-6,10-15H2,(H,31,32,34);(H,6,7). The Balaban J connectivity index is 0.000000515. The summed E-state index contributed by atoms with van der Waals surface area (Å²) in [6.45, 7) is 4.52. The van der Waals surface area contributed by atoms with Gasteiger partial charge in [0.25, 0.3) is 5.91 Å². The summed E-state index contributed by atoms with van der Waals surface area (Å²) in [5.74, 6) is -0.0918. The average molecular weight is 633 g/mol. The van der Waals surface area contributed by atoms with E-state index in [2.05, 4.69) is 33.1 Å². The third-order valence-electron chi connectivity index (χ3n) is 7.72. The van der Waals surface area contributed by atoms with Crippen LogP contribution in [0.4, 0.5) is 29.6 Å². The van der Waals surface area contributed by atoms with Crippen molar-refractivity contribution in [3.05, 3.63) is 41.0 Å². The van der Waals surface area contributed by atoms with Gasteiger partial charge in [0, 0.05) is 19.0 Å². The maximum atomic E-state index is 12.5. The number of nitrogens with one attached hydrogen (secondary N) is 3. The monoisotopic (exact) mass is 632 g/mol. The summed E-state index contributed by atoms with van der Waals surface area (Å²) in [5.41, 5.74) is 3.06. The van der Waals surface area contributed by atoms with Gasteiger partial charge in [-0.3, -0.25) is 9.69 Å². The molecule has 0 bridgehead atoms. The second-order valence-electron chi connectivity index (χ2n) is 11.1. The summed E-state index contributed by atoms with van der Waals surface area (Å²) in [5, 5.41) is 26.2. The molecule has 2 fully saturated rings. The maximum Gasteiger partial charge on any atom is 0.490 e. The van der Waals surface area contributed by atoms with Gasteiger partial charge in [0.15, 0.2) is 18.2 Å². The summed E-state index contributed by atoms with van der Waals surface area (Å²) < 4.78 is 48.6. The van der Waals surface area contributed by atoms with Gasteiger partial charge in [0.2, 0.25) is 0 Å². The number of alkyl halides is 3. The van der Waals surface area contributed by atoms with Crippen LogP contribution in [-0.4, -0.2) is 86.3 Å². The zero-order valence-electron chi connectivity index (χ0n) is 24.0. The Morgan fingerprint density at radius 3 is 2.69 bits per heavy atom. The van der Waals surface area contributed by atoms with Crippen LogP contribution in [0.3, 0.4) is 0 Å². The van der Waals surface area contributed by atoms with Crippen molar-refractivity contribution in [1.29, 1.82) is 5.26 Å². The Hall–Kier alpha value is -4.62. The molecule has 240 valence electrons. The van der Waals surface area contributed by atoms with Crippen molar-refractivity contribution >= 4 is 29.6 Å². The molecule has 2 unspecified atom stereocenters. The van der Waals surface area contributed by atoms with Crippen LogP contribution >= 0.6 is 0 Å². The van der Waals surface area contributed by atoms with E-state index in [0.717, 1.165) is 43.8 Å². The first kappa shape index (κ1) is 31.8. The summed E-state index contributed by atoms with van der Waals surface area (Å²) in [6.07, 6.45) is -3.34. The predicted molar refractivity (Wildman–Crippen MR) is 151 cm³/mol. The van der Waals surface area contributed by atoms with Gasteiger partial charge in [0.1, 0.15) is 17.7 Å². The molecule has 16 heteroatoms. The Labute approximate surface area is 255 Å². The van der Waals surface area contributed by atoms with Gasteiger partial charge in [-0.2, -0.15) is 18.4 Å². The molecule has 13 nitrogen and oxygen atoms in total. The van der Waals surface area contributed by atoms with Crippen LogP contribution in [0, 0.1) is 23.2 Å². The number of nitriles is 1. The molecule has 0 spiro atoms. The van der Waals surface area contributed by atoms with Crippen molar-refractivity contribution in [2.45, 2.75) is 31.5 Å². The number of nitrogens with zero attached hydrogens (tertiary/aromatic N) is 3. The second-order valence-corrected chi connectivity index (χ2v) is 11.1. The van der Waals surface area contributed by atoms with Crippen molar-refractivity contribution in [2.24, 2.45) is 11.8 Å². The minimum absolute atomic E-state index is 0.0464. The largest absolute Gasteiger partial charge is 0.493 e. The molecule has 45 heavy (non-hydrogen) atoms. The summed E-state index contributed by atoms with van der Waals surface area (Å²) >= 11 is 0. The van der Waals surface area contributed by atoms with E-state index in [4.69, 9.17) is 24.1 Å². The van der Waals surface area contributed by atoms with Gasteiger partial charge in [-0.05, 0) is 73.7 Å². The molecule has 3 aliphatic heterocycles. The van der Waals surface area contributed by atoms with Crippen molar-refractivity contribution in [3.63, 3.8) is 0 Å². The van der Waals surface area contributed by atoms with Gasteiger partial charge in [0.05, 0.1) is 24.8 Å². The number of hydrogen-bond acceptors (Lipinski definition) is 10. The minimum Gasteiger partial charge on any atom is -0.493 e. The number of aliphatic carboxylic acids is 1. The summed E-state index contributed by atoms with van der Waals surface area (Å²) in [4.78, 5) is 38.8. The van der Waals surface area contributed by atoms with E-state index in [1.54, 1.807) is 12.1 Å². The van der Waals surface area contributed by atoms with Crippen LogP contribution < -0.4 is 30.3 Å². The zero-order chi connectivity index (χ0) is 32.1. The number of halogens is 3. The van der Waals surface area contributed by atoms with Crippen molar-refractivity contribution < 1.29 is 46.9 Å². The highest BCUT2D eigenvalue weighted by atomic mass is 19.4. The number of aromatic nitrogens is 1. The minimum atomic E-state index is -5.08. The molecular weight excluding hydrogens is 601 g/mol. The number of fused-ring (bicyclic) bond motifs is 2. The molecule has 2 aromatic rings.